The molecule has 0 aliphatic carbocycles. The van der Waals surface area contributed by atoms with Gasteiger partial charge in [0.05, 0.1) is 16.0 Å². The largest absolute Gasteiger partial charge is 0.399 e. The fraction of sp³-hybridized carbons (Fsp3) is 0.133. The molecule has 0 fully saturated rings. The molecule has 0 aliphatic rings. The standard InChI is InChI=1S/C15H13ClN2O3S/c1-21-17-9-12-4-7-15(14(8-12)18(19)20)22-10-11-2-5-13(16)6-3-11/h2-9H,10H2,1H3/b17-9-. The van der Waals surface area contributed by atoms with Crippen LogP contribution in [0.15, 0.2) is 52.5 Å². The van der Waals surface area contributed by atoms with E-state index in [1.807, 2.05) is 12.1 Å². The van der Waals surface area contributed by atoms with Gasteiger partial charge in [-0.3, -0.25) is 10.1 Å². The highest BCUT2D eigenvalue weighted by molar-refractivity contribution is 7.98. The average Bonchev–Trinajstić information content (AvgIpc) is 2.52. The van der Waals surface area contributed by atoms with Crippen molar-refractivity contribution in [3.05, 3.63) is 68.7 Å². The quantitative estimate of drug-likeness (QED) is 0.336. The van der Waals surface area contributed by atoms with E-state index in [-0.39, 0.29) is 5.69 Å². The maximum Gasteiger partial charge on any atom is 0.283 e. The molecule has 0 amide bonds. The summed E-state index contributed by atoms with van der Waals surface area (Å²) in [7, 11) is 1.42. The predicted octanol–water partition coefficient (Wildman–Crippen LogP) is 4.52. The van der Waals surface area contributed by atoms with Crippen molar-refractivity contribution in [2.24, 2.45) is 5.16 Å². The van der Waals surface area contributed by atoms with Crippen molar-refractivity contribution < 1.29 is 9.76 Å². The Hall–Kier alpha value is -2.05. The zero-order valence-electron chi connectivity index (χ0n) is 11.7. The van der Waals surface area contributed by atoms with Crippen molar-refractivity contribution in [2.75, 3.05) is 7.11 Å². The molecule has 0 aliphatic heterocycles. The molecule has 0 saturated carbocycles. The molecular formula is C15H13ClN2O3S. The first-order valence-electron chi connectivity index (χ1n) is 6.32. The van der Waals surface area contributed by atoms with Gasteiger partial charge in [0, 0.05) is 22.4 Å². The number of nitro groups is 1. The molecule has 0 N–H and O–H groups in total. The lowest BCUT2D eigenvalue weighted by Crippen LogP contribution is -1.94. The lowest BCUT2D eigenvalue weighted by atomic mass is 10.2. The highest BCUT2D eigenvalue weighted by Gasteiger charge is 2.14. The summed E-state index contributed by atoms with van der Waals surface area (Å²) >= 11 is 7.24. The van der Waals surface area contributed by atoms with E-state index in [1.165, 1.54) is 31.2 Å². The van der Waals surface area contributed by atoms with E-state index in [0.29, 0.717) is 21.2 Å². The van der Waals surface area contributed by atoms with Crippen LogP contribution in [0.4, 0.5) is 5.69 Å². The van der Waals surface area contributed by atoms with E-state index in [0.717, 1.165) is 5.56 Å². The van der Waals surface area contributed by atoms with Crippen LogP contribution in [0, 0.1) is 10.1 Å². The normalized spacial score (nSPS) is 10.8. The summed E-state index contributed by atoms with van der Waals surface area (Å²) in [4.78, 5) is 16.0. The smallest absolute Gasteiger partial charge is 0.283 e. The maximum absolute atomic E-state index is 11.2. The second kappa shape index (κ2) is 7.82. The Bertz CT molecular complexity index is 690. The van der Waals surface area contributed by atoms with Gasteiger partial charge in [0.25, 0.3) is 5.69 Å². The van der Waals surface area contributed by atoms with Crippen molar-refractivity contribution in [3.63, 3.8) is 0 Å². The fourth-order valence-corrected chi connectivity index (χ4v) is 2.82. The molecule has 22 heavy (non-hydrogen) atoms. The van der Waals surface area contributed by atoms with Crippen LogP contribution in [0.3, 0.4) is 0 Å². The third-order valence-corrected chi connectivity index (χ3v) is 4.18. The van der Waals surface area contributed by atoms with Crippen LogP contribution in [0.2, 0.25) is 5.02 Å². The van der Waals surface area contributed by atoms with Crippen molar-refractivity contribution in [2.45, 2.75) is 10.6 Å². The van der Waals surface area contributed by atoms with Gasteiger partial charge in [-0.1, -0.05) is 35.0 Å². The topological polar surface area (TPSA) is 64.7 Å². The first-order chi connectivity index (χ1) is 10.6. The van der Waals surface area contributed by atoms with Gasteiger partial charge in [0.15, 0.2) is 0 Å². The minimum atomic E-state index is -0.395. The van der Waals surface area contributed by atoms with Crippen LogP contribution in [-0.4, -0.2) is 18.2 Å². The molecule has 0 atom stereocenters. The van der Waals surface area contributed by atoms with Gasteiger partial charge in [-0.05, 0) is 23.8 Å². The Morgan fingerprint density at radius 2 is 2.05 bits per heavy atom. The summed E-state index contributed by atoms with van der Waals surface area (Å²) in [6, 6.07) is 12.4. The number of nitro benzene ring substituents is 1. The number of oxime groups is 1. The van der Waals surface area contributed by atoms with Gasteiger partial charge in [-0.25, -0.2) is 0 Å². The predicted molar refractivity (Wildman–Crippen MR) is 88.7 cm³/mol. The SMILES string of the molecule is CO/N=C\c1ccc(SCc2ccc(Cl)cc2)c([N+](=O)[O-])c1. The second-order valence-electron chi connectivity index (χ2n) is 4.32. The molecule has 114 valence electrons. The molecule has 0 unspecified atom stereocenters. The van der Waals surface area contributed by atoms with Gasteiger partial charge in [0.1, 0.15) is 7.11 Å². The Morgan fingerprint density at radius 3 is 2.68 bits per heavy atom. The Morgan fingerprint density at radius 1 is 1.32 bits per heavy atom. The molecule has 0 saturated heterocycles. The number of rotatable bonds is 6. The van der Waals surface area contributed by atoms with E-state index in [9.17, 15) is 10.1 Å². The molecule has 2 aromatic rings. The summed E-state index contributed by atoms with van der Waals surface area (Å²) in [5.41, 5.74) is 1.72. The lowest BCUT2D eigenvalue weighted by molar-refractivity contribution is -0.387. The molecular weight excluding hydrogens is 324 g/mol. The average molecular weight is 337 g/mol. The van der Waals surface area contributed by atoms with Gasteiger partial charge in [0.2, 0.25) is 0 Å². The molecule has 2 aromatic carbocycles. The first-order valence-corrected chi connectivity index (χ1v) is 7.68. The molecule has 0 spiro atoms. The fourth-order valence-electron chi connectivity index (χ4n) is 1.73. The second-order valence-corrected chi connectivity index (χ2v) is 5.77. The summed E-state index contributed by atoms with van der Waals surface area (Å²) in [5.74, 6) is 0.628. The lowest BCUT2D eigenvalue weighted by Gasteiger charge is -2.04. The number of hydrogen-bond donors (Lipinski definition) is 0. The van der Waals surface area contributed by atoms with Crippen LogP contribution in [0.5, 0.6) is 0 Å². The number of hydrogen-bond acceptors (Lipinski definition) is 5. The molecule has 5 nitrogen and oxygen atoms in total. The minimum Gasteiger partial charge on any atom is -0.399 e. The molecule has 0 heterocycles. The van der Waals surface area contributed by atoms with Crippen molar-refractivity contribution >= 4 is 35.3 Å². The molecule has 0 aromatic heterocycles. The number of nitrogens with zero attached hydrogens (tertiary/aromatic N) is 2. The molecule has 2 rings (SSSR count). The summed E-state index contributed by atoms with van der Waals surface area (Å²) < 4.78 is 0. The number of thioether (sulfide) groups is 1. The molecule has 7 heteroatoms. The zero-order valence-corrected chi connectivity index (χ0v) is 13.3. The Balaban J connectivity index is 2.17. The molecule has 0 bridgehead atoms. The Kier molecular flexibility index (Phi) is 5.80. The minimum absolute atomic E-state index is 0.0546. The van der Waals surface area contributed by atoms with Crippen LogP contribution in [-0.2, 0) is 10.6 Å². The van der Waals surface area contributed by atoms with Crippen LogP contribution < -0.4 is 0 Å². The van der Waals surface area contributed by atoms with E-state index >= 15 is 0 Å². The van der Waals surface area contributed by atoms with Gasteiger partial charge >= 0.3 is 0 Å². The highest BCUT2D eigenvalue weighted by atomic mass is 35.5. The summed E-state index contributed by atoms with van der Waals surface area (Å²) in [6.45, 7) is 0. The van der Waals surface area contributed by atoms with Crippen molar-refractivity contribution in [3.8, 4) is 0 Å². The van der Waals surface area contributed by atoms with Crippen LogP contribution >= 0.6 is 23.4 Å². The van der Waals surface area contributed by atoms with Crippen molar-refractivity contribution in [1.82, 2.24) is 0 Å². The summed E-state index contributed by atoms with van der Waals surface area (Å²) in [5, 5.41) is 15.5. The molecule has 0 radical (unpaired) electrons. The van der Waals surface area contributed by atoms with Crippen LogP contribution in [0.1, 0.15) is 11.1 Å². The van der Waals surface area contributed by atoms with Crippen LogP contribution in [0.25, 0.3) is 0 Å². The monoisotopic (exact) mass is 336 g/mol. The Labute approximate surface area is 137 Å². The first kappa shape index (κ1) is 16.3. The van der Waals surface area contributed by atoms with Gasteiger partial charge in [-0.2, -0.15) is 0 Å². The van der Waals surface area contributed by atoms with E-state index < -0.39 is 4.92 Å². The number of benzene rings is 2. The van der Waals surface area contributed by atoms with E-state index in [1.54, 1.807) is 24.3 Å². The number of halogens is 1. The highest BCUT2D eigenvalue weighted by Crippen LogP contribution is 2.32. The van der Waals surface area contributed by atoms with E-state index in [4.69, 9.17) is 11.6 Å². The third kappa shape index (κ3) is 4.47. The van der Waals surface area contributed by atoms with Crippen molar-refractivity contribution in [1.29, 1.82) is 0 Å². The zero-order chi connectivity index (χ0) is 15.9. The van der Waals surface area contributed by atoms with Gasteiger partial charge in [-0.15, -0.1) is 11.8 Å². The summed E-state index contributed by atoms with van der Waals surface area (Å²) in [6.07, 6.45) is 1.43. The maximum atomic E-state index is 11.2. The third-order valence-electron chi connectivity index (χ3n) is 2.79. The van der Waals surface area contributed by atoms with Gasteiger partial charge < -0.3 is 4.84 Å². The van der Waals surface area contributed by atoms with E-state index in [2.05, 4.69) is 9.99 Å².